The lowest BCUT2D eigenvalue weighted by Gasteiger charge is -2.21. The van der Waals surface area contributed by atoms with E-state index in [-0.39, 0.29) is 0 Å². The molecule has 0 bridgehead atoms. The normalized spacial score (nSPS) is 16.3. The van der Waals surface area contributed by atoms with Gasteiger partial charge in [-0.25, -0.2) is 0 Å². The van der Waals surface area contributed by atoms with Gasteiger partial charge in [0.1, 0.15) is 12.2 Å². The van der Waals surface area contributed by atoms with Crippen LogP contribution in [0.2, 0.25) is 0 Å². The largest absolute Gasteiger partial charge is 0.394 e. The molecular weight excluding hydrogens is 264 g/mol. The van der Waals surface area contributed by atoms with E-state index in [1.54, 1.807) is 11.8 Å². The van der Waals surface area contributed by atoms with E-state index < -0.39 is 24.9 Å². The molecule has 0 aromatic heterocycles. The number of unbranched alkanes of at least 4 members (excludes halogenated alkanes) is 6. The average molecular weight is 294 g/mol. The average Bonchev–Trinajstić information content (AvgIpc) is 2.43. The second kappa shape index (κ2) is 13.2. The maximum atomic E-state index is 9.58. The fourth-order valence-electron chi connectivity index (χ4n) is 1.83. The SMILES string of the molecule is CCCCCCCCCSCC(O)C(O)C(O)CO. The Kier molecular flexibility index (Phi) is 13.3. The zero-order valence-corrected chi connectivity index (χ0v) is 12.8. The number of aliphatic hydroxyl groups is 4. The van der Waals surface area contributed by atoms with Gasteiger partial charge in [0.2, 0.25) is 0 Å². The van der Waals surface area contributed by atoms with Crippen molar-refractivity contribution in [2.24, 2.45) is 0 Å². The van der Waals surface area contributed by atoms with Crippen molar-refractivity contribution < 1.29 is 20.4 Å². The summed E-state index contributed by atoms with van der Waals surface area (Å²) in [6, 6.07) is 0. The van der Waals surface area contributed by atoms with E-state index in [0.717, 1.165) is 12.2 Å². The summed E-state index contributed by atoms with van der Waals surface area (Å²) in [6.45, 7) is 1.69. The second-order valence-corrected chi connectivity index (χ2v) is 6.15. The zero-order valence-electron chi connectivity index (χ0n) is 12.0. The van der Waals surface area contributed by atoms with Crippen LogP contribution in [0.3, 0.4) is 0 Å². The minimum atomic E-state index is -1.26. The summed E-state index contributed by atoms with van der Waals surface area (Å²) >= 11 is 1.58. The molecule has 4 nitrogen and oxygen atoms in total. The molecule has 0 aromatic carbocycles. The molecule has 0 aliphatic heterocycles. The Hall–Kier alpha value is 0.190. The van der Waals surface area contributed by atoms with Crippen LogP contribution in [0.4, 0.5) is 0 Å². The third kappa shape index (κ3) is 10.6. The van der Waals surface area contributed by atoms with Crippen LogP contribution in [0, 0.1) is 0 Å². The standard InChI is InChI=1S/C14H30O4S/c1-2-3-4-5-6-7-8-9-19-11-13(17)14(18)12(16)10-15/h12-18H,2-11H2,1H3. The molecule has 3 unspecified atom stereocenters. The molecule has 116 valence electrons. The lowest BCUT2D eigenvalue weighted by molar-refractivity contribution is -0.0683. The second-order valence-electron chi connectivity index (χ2n) is 5.00. The Balaban J connectivity index is 3.34. The highest BCUT2D eigenvalue weighted by Gasteiger charge is 2.23. The Morgan fingerprint density at radius 1 is 0.842 bits per heavy atom. The minimum Gasteiger partial charge on any atom is -0.394 e. The summed E-state index contributed by atoms with van der Waals surface area (Å²) in [4.78, 5) is 0. The molecule has 0 fully saturated rings. The minimum absolute atomic E-state index is 0.397. The summed E-state index contributed by atoms with van der Waals surface area (Å²) in [6.07, 6.45) is 5.36. The molecule has 0 radical (unpaired) electrons. The summed E-state index contributed by atoms with van der Waals surface area (Å²) in [7, 11) is 0. The van der Waals surface area contributed by atoms with E-state index in [2.05, 4.69) is 6.92 Å². The smallest absolute Gasteiger partial charge is 0.109 e. The Morgan fingerprint density at radius 3 is 2.00 bits per heavy atom. The molecule has 0 spiro atoms. The van der Waals surface area contributed by atoms with Gasteiger partial charge in [0.05, 0.1) is 12.7 Å². The van der Waals surface area contributed by atoms with Crippen LogP contribution < -0.4 is 0 Å². The van der Waals surface area contributed by atoms with Crippen molar-refractivity contribution in [1.29, 1.82) is 0 Å². The van der Waals surface area contributed by atoms with Crippen molar-refractivity contribution in [2.75, 3.05) is 18.1 Å². The molecule has 19 heavy (non-hydrogen) atoms. The molecule has 0 amide bonds. The molecule has 3 atom stereocenters. The summed E-state index contributed by atoms with van der Waals surface area (Å²) in [5.41, 5.74) is 0. The maximum Gasteiger partial charge on any atom is 0.109 e. The van der Waals surface area contributed by atoms with Crippen molar-refractivity contribution in [3.05, 3.63) is 0 Å². The van der Waals surface area contributed by atoms with Crippen LogP contribution in [-0.4, -0.2) is 56.9 Å². The first-order valence-electron chi connectivity index (χ1n) is 7.36. The van der Waals surface area contributed by atoms with E-state index in [4.69, 9.17) is 5.11 Å². The van der Waals surface area contributed by atoms with Gasteiger partial charge in [-0.1, -0.05) is 45.4 Å². The molecular formula is C14H30O4S. The number of aliphatic hydroxyl groups excluding tert-OH is 4. The van der Waals surface area contributed by atoms with E-state index in [0.29, 0.717) is 5.75 Å². The first-order valence-corrected chi connectivity index (χ1v) is 8.51. The monoisotopic (exact) mass is 294 g/mol. The van der Waals surface area contributed by atoms with Gasteiger partial charge in [0.25, 0.3) is 0 Å². The van der Waals surface area contributed by atoms with Crippen LogP contribution in [0.15, 0.2) is 0 Å². The fourth-order valence-corrected chi connectivity index (χ4v) is 2.84. The van der Waals surface area contributed by atoms with Gasteiger partial charge in [-0.3, -0.25) is 0 Å². The highest BCUT2D eigenvalue weighted by Crippen LogP contribution is 2.13. The molecule has 0 aliphatic carbocycles. The molecule has 4 N–H and O–H groups in total. The highest BCUT2D eigenvalue weighted by molar-refractivity contribution is 7.99. The molecule has 0 aromatic rings. The topological polar surface area (TPSA) is 80.9 Å². The third-order valence-corrected chi connectivity index (χ3v) is 4.31. The first-order chi connectivity index (χ1) is 9.13. The van der Waals surface area contributed by atoms with Gasteiger partial charge in [-0.05, 0) is 12.2 Å². The quantitative estimate of drug-likeness (QED) is 0.388. The molecule has 5 heteroatoms. The van der Waals surface area contributed by atoms with Crippen LogP contribution in [-0.2, 0) is 0 Å². The van der Waals surface area contributed by atoms with Crippen LogP contribution in [0.5, 0.6) is 0 Å². The van der Waals surface area contributed by atoms with Gasteiger partial charge in [0, 0.05) is 5.75 Å². The Bertz CT molecular complexity index is 192. The van der Waals surface area contributed by atoms with Crippen molar-refractivity contribution in [3.8, 4) is 0 Å². The lowest BCUT2D eigenvalue weighted by atomic mass is 10.1. The molecule has 0 saturated carbocycles. The third-order valence-electron chi connectivity index (χ3n) is 3.16. The van der Waals surface area contributed by atoms with Crippen molar-refractivity contribution in [1.82, 2.24) is 0 Å². The van der Waals surface area contributed by atoms with Gasteiger partial charge < -0.3 is 20.4 Å². The zero-order chi connectivity index (χ0) is 14.5. The van der Waals surface area contributed by atoms with Gasteiger partial charge in [0.15, 0.2) is 0 Å². The fraction of sp³-hybridized carbons (Fsp3) is 1.00. The van der Waals surface area contributed by atoms with Gasteiger partial charge in [-0.2, -0.15) is 11.8 Å². The lowest BCUT2D eigenvalue weighted by Crippen LogP contribution is -2.40. The number of rotatable bonds is 13. The summed E-state index contributed by atoms with van der Waals surface area (Å²) < 4.78 is 0. The van der Waals surface area contributed by atoms with Gasteiger partial charge >= 0.3 is 0 Å². The van der Waals surface area contributed by atoms with Crippen LogP contribution in [0.1, 0.15) is 51.9 Å². The molecule has 0 saturated heterocycles. The highest BCUT2D eigenvalue weighted by atomic mass is 32.2. The van der Waals surface area contributed by atoms with Crippen molar-refractivity contribution in [2.45, 2.75) is 70.2 Å². The van der Waals surface area contributed by atoms with E-state index in [1.807, 2.05) is 0 Å². The van der Waals surface area contributed by atoms with Crippen molar-refractivity contribution in [3.63, 3.8) is 0 Å². The first kappa shape index (κ1) is 19.2. The summed E-state index contributed by atoms with van der Waals surface area (Å²) in [5.74, 6) is 1.36. The molecule has 0 rings (SSSR count). The molecule has 0 heterocycles. The predicted molar refractivity (Wildman–Crippen MR) is 80.4 cm³/mol. The van der Waals surface area contributed by atoms with Gasteiger partial charge in [-0.15, -0.1) is 0 Å². The number of hydrogen-bond donors (Lipinski definition) is 4. The van der Waals surface area contributed by atoms with E-state index in [1.165, 1.54) is 38.5 Å². The Morgan fingerprint density at radius 2 is 1.42 bits per heavy atom. The summed E-state index contributed by atoms with van der Waals surface area (Å²) in [5, 5.41) is 36.8. The maximum absolute atomic E-state index is 9.58. The van der Waals surface area contributed by atoms with Crippen LogP contribution >= 0.6 is 11.8 Å². The van der Waals surface area contributed by atoms with E-state index in [9.17, 15) is 15.3 Å². The predicted octanol–water partition coefficient (Wildman–Crippen LogP) is 1.55. The number of hydrogen-bond acceptors (Lipinski definition) is 5. The van der Waals surface area contributed by atoms with E-state index >= 15 is 0 Å². The Labute approximate surface area is 121 Å². The van der Waals surface area contributed by atoms with Crippen LogP contribution in [0.25, 0.3) is 0 Å². The van der Waals surface area contributed by atoms with Crippen molar-refractivity contribution >= 4 is 11.8 Å². The molecule has 0 aliphatic rings. The number of thioether (sulfide) groups is 1.